The van der Waals surface area contributed by atoms with Gasteiger partial charge in [0, 0.05) is 22.9 Å². The van der Waals surface area contributed by atoms with E-state index < -0.39 is 0 Å². The SMILES string of the molecule is N#Cc1ccn2c(-c3ccc(Br)cn3)nnc2c1. The molecule has 6 heteroatoms. The Morgan fingerprint density at radius 2 is 2.11 bits per heavy atom. The summed E-state index contributed by atoms with van der Waals surface area (Å²) < 4.78 is 2.71. The van der Waals surface area contributed by atoms with E-state index in [0.717, 1.165) is 10.2 Å². The summed E-state index contributed by atoms with van der Waals surface area (Å²) in [5.74, 6) is 0.655. The van der Waals surface area contributed by atoms with Crippen LogP contribution in [-0.2, 0) is 0 Å². The van der Waals surface area contributed by atoms with Crippen molar-refractivity contribution in [3.8, 4) is 17.6 Å². The lowest BCUT2D eigenvalue weighted by molar-refractivity contribution is 1.09. The molecule has 18 heavy (non-hydrogen) atoms. The lowest BCUT2D eigenvalue weighted by Crippen LogP contribution is -1.91. The molecular formula is C12H6BrN5. The predicted molar refractivity (Wildman–Crippen MR) is 68.6 cm³/mol. The molecule has 0 spiro atoms. The van der Waals surface area contributed by atoms with Crippen molar-refractivity contribution in [2.45, 2.75) is 0 Å². The number of nitrogens with zero attached hydrogens (tertiary/aromatic N) is 5. The van der Waals surface area contributed by atoms with Crippen LogP contribution in [0.4, 0.5) is 0 Å². The fourth-order valence-corrected chi connectivity index (χ4v) is 1.88. The van der Waals surface area contributed by atoms with E-state index in [2.05, 4.69) is 37.2 Å². The van der Waals surface area contributed by atoms with Gasteiger partial charge in [-0.25, -0.2) is 0 Å². The monoisotopic (exact) mass is 299 g/mol. The van der Waals surface area contributed by atoms with E-state index in [1.54, 1.807) is 28.9 Å². The van der Waals surface area contributed by atoms with Crippen LogP contribution in [-0.4, -0.2) is 19.6 Å². The van der Waals surface area contributed by atoms with Crippen LogP contribution in [0.15, 0.2) is 41.1 Å². The molecule has 0 atom stereocenters. The van der Waals surface area contributed by atoms with Crippen LogP contribution in [0, 0.1) is 11.3 Å². The second-order valence-electron chi connectivity index (χ2n) is 3.64. The summed E-state index contributed by atoms with van der Waals surface area (Å²) in [5, 5.41) is 17.0. The van der Waals surface area contributed by atoms with Gasteiger partial charge in [-0.05, 0) is 34.1 Å². The van der Waals surface area contributed by atoms with Crippen LogP contribution in [0.3, 0.4) is 0 Å². The number of aromatic nitrogens is 4. The molecule has 0 fully saturated rings. The molecule has 0 radical (unpaired) electrons. The molecule has 0 unspecified atom stereocenters. The van der Waals surface area contributed by atoms with E-state index in [9.17, 15) is 0 Å². The molecule has 3 aromatic rings. The zero-order valence-electron chi connectivity index (χ0n) is 9.08. The van der Waals surface area contributed by atoms with E-state index in [-0.39, 0.29) is 0 Å². The van der Waals surface area contributed by atoms with Gasteiger partial charge in [-0.3, -0.25) is 9.38 Å². The van der Waals surface area contributed by atoms with Gasteiger partial charge < -0.3 is 0 Å². The van der Waals surface area contributed by atoms with Crippen LogP contribution < -0.4 is 0 Å². The first kappa shape index (κ1) is 10.9. The van der Waals surface area contributed by atoms with Crippen LogP contribution in [0.25, 0.3) is 17.2 Å². The molecule has 0 aliphatic heterocycles. The Balaban J connectivity index is 2.19. The van der Waals surface area contributed by atoms with E-state index in [4.69, 9.17) is 5.26 Å². The average molecular weight is 300 g/mol. The van der Waals surface area contributed by atoms with Crippen molar-refractivity contribution in [3.05, 3.63) is 46.7 Å². The highest BCUT2D eigenvalue weighted by Gasteiger charge is 2.09. The maximum absolute atomic E-state index is 8.83. The summed E-state index contributed by atoms with van der Waals surface area (Å²) in [6.07, 6.45) is 3.48. The van der Waals surface area contributed by atoms with Gasteiger partial charge >= 0.3 is 0 Å². The number of fused-ring (bicyclic) bond motifs is 1. The zero-order chi connectivity index (χ0) is 12.5. The standard InChI is InChI=1S/C12H6BrN5/c13-9-1-2-10(15-7-9)12-17-16-11-5-8(6-14)3-4-18(11)12/h1-5,7H. The molecule has 3 aromatic heterocycles. The highest BCUT2D eigenvalue weighted by atomic mass is 79.9. The summed E-state index contributed by atoms with van der Waals surface area (Å²) in [6.45, 7) is 0. The fourth-order valence-electron chi connectivity index (χ4n) is 1.64. The van der Waals surface area contributed by atoms with Gasteiger partial charge in [0.15, 0.2) is 11.5 Å². The minimum Gasteiger partial charge on any atom is -0.281 e. The van der Waals surface area contributed by atoms with Crippen molar-refractivity contribution in [1.82, 2.24) is 19.6 Å². The topological polar surface area (TPSA) is 66.9 Å². The molecule has 3 heterocycles. The first-order valence-electron chi connectivity index (χ1n) is 5.15. The Morgan fingerprint density at radius 1 is 1.22 bits per heavy atom. The smallest absolute Gasteiger partial charge is 0.186 e. The molecule has 0 aliphatic rings. The minimum atomic E-state index is 0.560. The molecule has 0 saturated carbocycles. The van der Waals surface area contributed by atoms with E-state index in [0.29, 0.717) is 17.0 Å². The molecule has 0 aliphatic carbocycles. The molecule has 86 valence electrons. The predicted octanol–water partition coefficient (Wildman–Crippen LogP) is 2.43. The van der Waals surface area contributed by atoms with Crippen LogP contribution in [0.5, 0.6) is 0 Å². The number of nitriles is 1. The quantitative estimate of drug-likeness (QED) is 0.692. The first-order valence-corrected chi connectivity index (χ1v) is 5.94. The summed E-state index contributed by atoms with van der Waals surface area (Å²) >= 11 is 3.34. The molecule has 0 aromatic carbocycles. The molecule has 0 saturated heterocycles. The Labute approximate surface area is 111 Å². The number of rotatable bonds is 1. The van der Waals surface area contributed by atoms with Crippen molar-refractivity contribution in [3.63, 3.8) is 0 Å². The van der Waals surface area contributed by atoms with Gasteiger partial charge in [0.1, 0.15) is 5.69 Å². The molecule has 3 rings (SSSR count). The molecule has 0 amide bonds. The van der Waals surface area contributed by atoms with E-state index in [1.165, 1.54) is 0 Å². The van der Waals surface area contributed by atoms with Crippen molar-refractivity contribution in [2.75, 3.05) is 0 Å². The van der Waals surface area contributed by atoms with Crippen molar-refractivity contribution < 1.29 is 0 Å². The average Bonchev–Trinajstić information content (AvgIpc) is 2.82. The molecule has 0 N–H and O–H groups in total. The molecule has 5 nitrogen and oxygen atoms in total. The van der Waals surface area contributed by atoms with Crippen molar-refractivity contribution in [1.29, 1.82) is 5.26 Å². The van der Waals surface area contributed by atoms with Gasteiger partial charge in [0.25, 0.3) is 0 Å². The number of halogens is 1. The Bertz CT molecular complexity index is 754. The third-order valence-electron chi connectivity index (χ3n) is 2.50. The highest BCUT2D eigenvalue weighted by Crippen LogP contribution is 2.18. The van der Waals surface area contributed by atoms with Gasteiger partial charge in [0.05, 0.1) is 11.6 Å². The maximum atomic E-state index is 8.83. The fraction of sp³-hybridized carbons (Fsp3) is 0. The maximum Gasteiger partial charge on any atom is 0.186 e. The highest BCUT2D eigenvalue weighted by molar-refractivity contribution is 9.10. The van der Waals surface area contributed by atoms with Crippen molar-refractivity contribution >= 4 is 21.6 Å². The second-order valence-corrected chi connectivity index (χ2v) is 4.56. The summed E-state index contributed by atoms with van der Waals surface area (Å²) in [7, 11) is 0. The van der Waals surface area contributed by atoms with Gasteiger partial charge in [-0.2, -0.15) is 5.26 Å². The van der Waals surface area contributed by atoms with Gasteiger partial charge in [-0.15, -0.1) is 10.2 Å². The second kappa shape index (κ2) is 4.20. The lowest BCUT2D eigenvalue weighted by atomic mass is 10.3. The zero-order valence-corrected chi connectivity index (χ0v) is 10.7. The van der Waals surface area contributed by atoms with E-state index >= 15 is 0 Å². The third kappa shape index (κ3) is 1.75. The minimum absolute atomic E-state index is 0.560. The Kier molecular flexibility index (Phi) is 2.54. The normalized spacial score (nSPS) is 10.4. The lowest BCUT2D eigenvalue weighted by Gasteiger charge is -1.99. The largest absolute Gasteiger partial charge is 0.281 e. The molecular weight excluding hydrogens is 294 g/mol. The van der Waals surface area contributed by atoms with Crippen molar-refractivity contribution in [2.24, 2.45) is 0 Å². The molecule has 0 bridgehead atoms. The Morgan fingerprint density at radius 3 is 2.83 bits per heavy atom. The summed E-state index contributed by atoms with van der Waals surface area (Å²) in [5.41, 5.74) is 1.93. The summed E-state index contributed by atoms with van der Waals surface area (Å²) in [6, 6.07) is 9.24. The van der Waals surface area contributed by atoms with Gasteiger partial charge in [-0.1, -0.05) is 0 Å². The van der Waals surface area contributed by atoms with Crippen LogP contribution >= 0.6 is 15.9 Å². The summed E-state index contributed by atoms with van der Waals surface area (Å²) in [4.78, 5) is 4.28. The van der Waals surface area contributed by atoms with Crippen LogP contribution in [0.1, 0.15) is 5.56 Å². The first-order chi connectivity index (χ1) is 8.78. The Hall–Kier alpha value is -2.26. The number of hydrogen-bond donors (Lipinski definition) is 0. The van der Waals surface area contributed by atoms with E-state index in [1.807, 2.05) is 12.1 Å². The number of hydrogen-bond acceptors (Lipinski definition) is 4. The van der Waals surface area contributed by atoms with Crippen LogP contribution in [0.2, 0.25) is 0 Å². The number of pyridine rings is 2. The third-order valence-corrected chi connectivity index (χ3v) is 2.96. The van der Waals surface area contributed by atoms with Gasteiger partial charge in [0.2, 0.25) is 0 Å².